The molecule has 5 nitrogen and oxygen atoms in total. The monoisotopic (exact) mass is 364 g/mol. The van der Waals surface area contributed by atoms with E-state index < -0.39 is 5.97 Å². The van der Waals surface area contributed by atoms with Crippen LogP contribution in [0.4, 0.5) is 0 Å². The van der Waals surface area contributed by atoms with Crippen molar-refractivity contribution in [2.75, 3.05) is 26.7 Å². The number of likely N-dealkylation sites (N-methyl/N-ethyl adjacent to an activating group) is 1. The van der Waals surface area contributed by atoms with Crippen LogP contribution < -0.4 is 0 Å². The van der Waals surface area contributed by atoms with Crippen LogP contribution in [0, 0.1) is 5.92 Å². The summed E-state index contributed by atoms with van der Waals surface area (Å²) in [6.45, 7) is 1.52. The van der Waals surface area contributed by atoms with E-state index in [4.69, 9.17) is 16.7 Å². The van der Waals surface area contributed by atoms with Crippen molar-refractivity contribution in [3.8, 4) is 0 Å². The first-order valence-corrected chi connectivity index (χ1v) is 9.30. The van der Waals surface area contributed by atoms with Gasteiger partial charge in [-0.05, 0) is 50.3 Å². The van der Waals surface area contributed by atoms with E-state index in [0.29, 0.717) is 6.54 Å². The Bertz CT molecular complexity index is 651. The molecule has 1 aliphatic carbocycles. The zero-order chi connectivity index (χ0) is 18.0. The summed E-state index contributed by atoms with van der Waals surface area (Å²) in [5.74, 6) is -0.283. The fraction of sp³-hybridized carbons (Fsp3) is 0.579. The molecule has 3 rings (SSSR count). The number of carbonyl (C=O) groups excluding carboxylic acids is 1. The van der Waals surface area contributed by atoms with E-state index in [1.807, 2.05) is 41.1 Å². The second-order valence-corrected chi connectivity index (χ2v) is 7.60. The number of nitrogens with zero attached hydrogens (tertiary/aromatic N) is 2. The fourth-order valence-electron chi connectivity index (χ4n) is 3.90. The Labute approximate surface area is 153 Å². The van der Waals surface area contributed by atoms with Gasteiger partial charge in [-0.25, -0.2) is 0 Å². The van der Waals surface area contributed by atoms with Gasteiger partial charge in [-0.15, -0.1) is 0 Å². The van der Waals surface area contributed by atoms with Crippen LogP contribution in [0.1, 0.15) is 37.2 Å². The van der Waals surface area contributed by atoms with E-state index in [9.17, 15) is 9.59 Å². The van der Waals surface area contributed by atoms with Crippen LogP contribution in [0.25, 0.3) is 0 Å². The largest absolute Gasteiger partial charge is 0.480 e. The fourth-order valence-corrected chi connectivity index (χ4v) is 4.18. The average molecular weight is 365 g/mol. The van der Waals surface area contributed by atoms with E-state index in [2.05, 4.69) is 0 Å². The Hall–Kier alpha value is -1.59. The van der Waals surface area contributed by atoms with Crippen LogP contribution in [0.15, 0.2) is 24.3 Å². The topological polar surface area (TPSA) is 60.9 Å². The maximum atomic E-state index is 12.8. The highest BCUT2D eigenvalue weighted by molar-refractivity contribution is 6.31. The minimum Gasteiger partial charge on any atom is -0.480 e. The maximum absolute atomic E-state index is 12.8. The lowest BCUT2D eigenvalue weighted by Crippen LogP contribution is -2.37. The lowest BCUT2D eigenvalue weighted by Gasteiger charge is -2.25. The van der Waals surface area contributed by atoms with Gasteiger partial charge in [0.15, 0.2) is 0 Å². The number of hydrogen-bond acceptors (Lipinski definition) is 3. The lowest BCUT2D eigenvalue weighted by atomic mass is 10.1. The molecule has 0 radical (unpaired) electrons. The highest BCUT2D eigenvalue weighted by Crippen LogP contribution is 2.50. The number of hydrogen-bond donors (Lipinski definition) is 1. The Morgan fingerprint density at radius 2 is 2.04 bits per heavy atom. The molecule has 2 fully saturated rings. The smallest absolute Gasteiger partial charge is 0.317 e. The quantitative estimate of drug-likeness (QED) is 0.872. The number of benzene rings is 1. The second-order valence-electron chi connectivity index (χ2n) is 7.19. The summed E-state index contributed by atoms with van der Waals surface area (Å²) in [5.41, 5.74) is 1.08. The van der Waals surface area contributed by atoms with Crippen molar-refractivity contribution in [1.82, 2.24) is 9.80 Å². The van der Waals surface area contributed by atoms with Crippen LogP contribution >= 0.6 is 11.6 Å². The Morgan fingerprint density at radius 1 is 1.28 bits per heavy atom. The average Bonchev–Trinajstić information content (AvgIpc) is 3.37. The summed E-state index contributed by atoms with van der Waals surface area (Å²) < 4.78 is 0. The first-order chi connectivity index (χ1) is 12.0. The van der Waals surface area contributed by atoms with Crippen molar-refractivity contribution in [2.45, 2.75) is 37.6 Å². The van der Waals surface area contributed by atoms with Gasteiger partial charge in [0.1, 0.15) is 0 Å². The first kappa shape index (κ1) is 18.2. The molecular weight excluding hydrogens is 340 g/mol. The molecule has 136 valence electrons. The summed E-state index contributed by atoms with van der Waals surface area (Å²) in [7, 11) is 1.85. The van der Waals surface area contributed by atoms with E-state index in [1.54, 1.807) is 0 Å². The second kappa shape index (κ2) is 7.75. The first-order valence-electron chi connectivity index (χ1n) is 8.92. The molecule has 2 aliphatic rings. The summed E-state index contributed by atoms with van der Waals surface area (Å²) in [6.07, 6.45) is 3.57. The lowest BCUT2D eigenvalue weighted by molar-refractivity contribution is -0.138. The molecule has 3 atom stereocenters. The predicted molar refractivity (Wildman–Crippen MR) is 96.8 cm³/mol. The van der Waals surface area contributed by atoms with Crippen molar-refractivity contribution >= 4 is 23.5 Å². The molecule has 1 aromatic rings. The van der Waals surface area contributed by atoms with Crippen LogP contribution in [-0.4, -0.2) is 59.5 Å². The molecule has 0 spiro atoms. The minimum atomic E-state index is -0.805. The summed E-state index contributed by atoms with van der Waals surface area (Å²) >= 11 is 6.26. The number of carboxylic acid groups (broad SMARTS) is 1. The zero-order valence-corrected chi connectivity index (χ0v) is 15.3. The zero-order valence-electron chi connectivity index (χ0n) is 14.5. The molecule has 0 aromatic heterocycles. The molecule has 1 saturated carbocycles. The summed E-state index contributed by atoms with van der Waals surface area (Å²) in [5, 5.41) is 9.69. The van der Waals surface area contributed by atoms with Crippen molar-refractivity contribution in [3.05, 3.63) is 34.9 Å². The molecule has 1 amide bonds. The number of carbonyl (C=O) groups is 2. The molecule has 0 bridgehead atoms. The highest BCUT2D eigenvalue weighted by atomic mass is 35.5. The van der Waals surface area contributed by atoms with Gasteiger partial charge in [0, 0.05) is 30.1 Å². The van der Waals surface area contributed by atoms with E-state index in [-0.39, 0.29) is 30.3 Å². The minimum absolute atomic E-state index is 0.0493. The van der Waals surface area contributed by atoms with Gasteiger partial charge in [0.05, 0.1) is 6.54 Å². The summed E-state index contributed by atoms with van der Waals surface area (Å²) in [4.78, 5) is 27.6. The van der Waals surface area contributed by atoms with Crippen molar-refractivity contribution in [2.24, 2.45) is 5.92 Å². The van der Waals surface area contributed by atoms with E-state index >= 15 is 0 Å². The van der Waals surface area contributed by atoms with Gasteiger partial charge in [-0.2, -0.15) is 0 Å². The third kappa shape index (κ3) is 4.33. The van der Waals surface area contributed by atoms with Crippen LogP contribution in [0.3, 0.4) is 0 Å². The molecule has 1 aromatic carbocycles. The Morgan fingerprint density at radius 3 is 2.76 bits per heavy atom. The number of aliphatic carboxylic acids is 1. The van der Waals surface area contributed by atoms with Gasteiger partial charge in [-0.3, -0.25) is 14.5 Å². The van der Waals surface area contributed by atoms with Gasteiger partial charge in [-0.1, -0.05) is 29.8 Å². The van der Waals surface area contributed by atoms with Gasteiger partial charge in [0.25, 0.3) is 0 Å². The molecule has 1 saturated heterocycles. The molecule has 6 heteroatoms. The van der Waals surface area contributed by atoms with Crippen LogP contribution in [0.2, 0.25) is 5.02 Å². The molecular formula is C19H25ClN2O3. The normalized spacial score (nSPS) is 26.4. The van der Waals surface area contributed by atoms with Crippen molar-refractivity contribution in [1.29, 1.82) is 0 Å². The third-order valence-electron chi connectivity index (χ3n) is 5.43. The molecule has 3 unspecified atom stereocenters. The number of carboxylic acids is 1. The Kier molecular flexibility index (Phi) is 5.64. The Balaban J connectivity index is 1.56. The highest BCUT2D eigenvalue weighted by Gasteiger charge is 2.46. The van der Waals surface area contributed by atoms with Gasteiger partial charge < -0.3 is 10.0 Å². The predicted octanol–water partition coefficient (Wildman–Crippen LogP) is 2.84. The molecule has 1 aliphatic heterocycles. The number of rotatable bonds is 5. The molecule has 1 heterocycles. The van der Waals surface area contributed by atoms with Crippen molar-refractivity contribution < 1.29 is 14.7 Å². The van der Waals surface area contributed by atoms with Crippen LogP contribution in [-0.2, 0) is 9.59 Å². The summed E-state index contributed by atoms with van der Waals surface area (Å²) in [6, 6.07) is 8.00. The number of likely N-dealkylation sites (tertiary alicyclic amines) is 1. The van der Waals surface area contributed by atoms with Gasteiger partial charge >= 0.3 is 5.97 Å². The SMILES string of the molecule is CN(CC(=O)O)C1CCCN(C(=O)C2CC2c2ccccc2Cl)CC1. The van der Waals surface area contributed by atoms with Crippen LogP contribution in [0.5, 0.6) is 0 Å². The van der Waals surface area contributed by atoms with E-state index in [1.165, 1.54) is 0 Å². The molecule has 25 heavy (non-hydrogen) atoms. The van der Waals surface area contributed by atoms with Crippen molar-refractivity contribution in [3.63, 3.8) is 0 Å². The number of amides is 1. The molecule has 1 N–H and O–H groups in total. The standard InChI is InChI=1S/C19H25ClN2O3/c1-21(12-18(23)24)13-5-4-9-22(10-8-13)19(25)16-11-15(16)14-6-2-3-7-17(14)20/h2-3,6-7,13,15-16H,4-5,8-12H2,1H3,(H,23,24). The number of halogens is 1. The maximum Gasteiger partial charge on any atom is 0.317 e. The van der Waals surface area contributed by atoms with E-state index in [0.717, 1.165) is 42.8 Å². The third-order valence-corrected chi connectivity index (χ3v) is 5.77. The van der Waals surface area contributed by atoms with Gasteiger partial charge in [0.2, 0.25) is 5.91 Å².